The van der Waals surface area contributed by atoms with Crippen LogP contribution in [0.15, 0.2) is 24.3 Å². The number of sulfonamides is 1. The van der Waals surface area contributed by atoms with Gasteiger partial charge < -0.3 is 14.0 Å². The van der Waals surface area contributed by atoms with Crippen LogP contribution in [0.25, 0.3) is 0 Å². The first-order chi connectivity index (χ1) is 13.3. The van der Waals surface area contributed by atoms with Gasteiger partial charge in [-0.25, -0.2) is 13.1 Å². The molecule has 1 aromatic rings. The lowest BCUT2D eigenvalue weighted by atomic mass is 9.87. The SMILES string of the molecule is C[S+]([O-])N(COCC[Si](C)(C)C)C1(c2ccc(C(=O)NS(C)(=O)=O)cc2)COC1. The van der Waals surface area contributed by atoms with E-state index in [9.17, 15) is 17.8 Å². The zero-order valence-electron chi connectivity index (χ0n) is 17.6. The lowest BCUT2D eigenvalue weighted by Gasteiger charge is -2.47. The van der Waals surface area contributed by atoms with E-state index in [1.165, 1.54) is 0 Å². The van der Waals surface area contributed by atoms with Crippen LogP contribution in [0.3, 0.4) is 0 Å². The van der Waals surface area contributed by atoms with Crippen LogP contribution in [0.2, 0.25) is 25.7 Å². The molecule has 1 N–H and O–H groups in total. The largest absolute Gasteiger partial charge is 0.598 e. The Balaban J connectivity index is 2.14. The molecule has 8 nitrogen and oxygen atoms in total. The topological polar surface area (TPSA) is 108 Å². The highest BCUT2D eigenvalue weighted by Crippen LogP contribution is 2.38. The Morgan fingerprint density at radius 3 is 2.31 bits per heavy atom. The van der Waals surface area contributed by atoms with E-state index in [2.05, 4.69) is 19.6 Å². The third kappa shape index (κ3) is 6.77. The lowest BCUT2D eigenvalue weighted by molar-refractivity contribution is -0.139. The summed E-state index contributed by atoms with van der Waals surface area (Å²) >= 11 is -1.29. The smallest absolute Gasteiger partial charge is 0.264 e. The van der Waals surface area contributed by atoms with E-state index >= 15 is 0 Å². The zero-order chi connectivity index (χ0) is 21.9. The quantitative estimate of drug-likeness (QED) is 0.243. The predicted molar refractivity (Wildman–Crippen MR) is 116 cm³/mol. The molecule has 0 aromatic heterocycles. The van der Waals surface area contributed by atoms with Crippen LogP contribution in [0.1, 0.15) is 15.9 Å². The standard InChI is InChI=1S/C18H30N2O6S2Si/c1-27(22)20(14-25-10-11-29(3,4)5)18(12-26-13-18)16-8-6-15(7-9-16)17(21)19-28(2,23)24/h6-9H,10-14H2,1-5H3,(H,19,21). The molecule has 1 fully saturated rings. The van der Waals surface area contributed by atoms with Crippen molar-refractivity contribution in [2.75, 3.05) is 39.1 Å². The number of carbonyl (C=O) groups is 1. The van der Waals surface area contributed by atoms with Gasteiger partial charge in [-0.3, -0.25) is 4.79 Å². The molecule has 1 aliphatic rings. The molecule has 1 heterocycles. The molecule has 1 amide bonds. The Kier molecular flexibility index (Phi) is 7.93. The van der Waals surface area contributed by atoms with E-state index in [4.69, 9.17) is 9.47 Å². The van der Waals surface area contributed by atoms with Gasteiger partial charge in [0.15, 0.2) is 0 Å². The summed E-state index contributed by atoms with van der Waals surface area (Å²) in [6.45, 7) is 8.37. The summed E-state index contributed by atoms with van der Waals surface area (Å²) in [5.74, 6) is -0.691. The number of hydrogen-bond donors (Lipinski definition) is 1. The van der Waals surface area contributed by atoms with Crippen molar-refractivity contribution in [2.24, 2.45) is 0 Å². The number of amides is 1. The monoisotopic (exact) mass is 462 g/mol. The van der Waals surface area contributed by atoms with Gasteiger partial charge in [0.05, 0.1) is 19.5 Å². The van der Waals surface area contributed by atoms with Gasteiger partial charge in [-0.15, -0.1) is 0 Å². The second-order valence-corrected chi connectivity index (χ2v) is 17.1. The molecule has 0 bridgehead atoms. The molecule has 1 aromatic carbocycles. The van der Waals surface area contributed by atoms with Crippen molar-refractivity contribution in [2.45, 2.75) is 31.2 Å². The van der Waals surface area contributed by atoms with Crippen molar-refractivity contribution in [3.63, 3.8) is 0 Å². The second-order valence-electron chi connectivity index (χ2n) is 8.46. The van der Waals surface area contributed by atoms with E-state index in [0.717, 1.165) is 17.9 Å². The van der Waals surface area contributed by atoms with Gasteiger partial charge in [0.1, 0.15) is 18.5 Å². The van der Waals surface area contributed by atoms with Crippen molar-refractivity contribution >= 4 is 35.4 Å². The van der Waals surface area contributed by atoms with Crippen molar-refractivity contribution in [1.29, 1.82) is 0 Å². The molecule has 1 atom stereocenters. The summed E-state index contributed by atoms with van der Waals surface area (Å²) in [7, 11) is -4.85. The van der Waals surface area contributed by atoms with Crippen LogP contribution in [0.4, 0.5) is 0 Å². The molecule has 1 saturated heterocycles. The fraction of sp³-hybridized carbons (Fsp3) is 0.611. The first-order valence-electron chi connectivity index (χ1n) is 9.23. The van der Waals surface area contributed by atoms with Gasteiger partial charge in [0.2, 0.25) is 10.0 Å². The minimum Gasteiger partial charge on any atom is -0.598 e. The summed E-state index contributed by atoms with van der Waals surface area (Å²) in [6, 6.07) is 7.60. The minimum atomic E-state index is -3.63. The van der Waals surface area contributed by atoms with E-state index in [-0.39, 0.29) is 12.3 Å². The summed E-state index contributed by atoms with van der Waals surface area (Å²) < 4.78 is 49.9. The zero-order valence-corrected chi connectivity index (χ0v) is 20.2. The van der Waals surface area contributed by atoms with Crippen LogP contribution in [0, 0.1) is 0 Å². The molecular formula is C18H30N2O6S2Si. The Bertz CT molecular complexity index is 805. The van der Waals surface area contributed by atoms with Crippen LogP contribution >= 0.6 is 0 Å². The Morgan fingerprint density at radius 1 is 1.31 bits per heavy atom. The molecular weight excluding hydrogens is 432 g/mol. The third-order valence-corrected chi connectivity index (χ3v) is 7.97. The molecule has 0 aliphatic carbocycles. The Labute approximate surface area is 177 Å². The first kappa shape index (κ1) is 24.3. The summed E-state index contributed by atoms with van der Waals surface area (Å²) in [5.41, 5.74) is 0.457. The molecule has 0 radical (unpaired) electrons. The van der Waals surface area contributed by atoms with Gasteiger partial charge in [0, 0.05) is 31.6 Å². The maximum Gasteiger partial charge on any atom is 0.264 e. The summed E-state index contributed by atoms with van der Waals surface area (Å²) in [4.78, 5) is 12.0. The molecule has 2 rings (SSSR count). The van der Waals surface area contributed by atoms with Gasteiger partial charge >= 0.3 is 0 Å². The summed E-state index contributed by atoms with van der Waals surface area (Å²) in [5, 5.41) is 0. The molecule has 1 unspecified atom stereocenters. The lowest BCUT2D eigenvalue weighted by Crippen LogP contribution is -2.61. The van der Waals surface area contributed by atoms with Crippen LogP contribution in [0.5, 0.6) is 0 Å². The van der Waals surface area contributed by atoms with Gasteiger partial charge in [-0.2, -0.15) is 0 Å². The van der Waals surface area contributed by atoms with Crippen LogP contribution in [-0.4, -0.2) is 70.3 Å². The molecule has 164 valence electrons. The number of carbonyl (C=O) groups excluding carboxylic acids is 1. The number of rotatable bonds is 10. The summed E-state index contributed by atoms with van der Waals surface area (Å²) in [6.07, 6.45) is 2.53. The van der Waals surface area contributed by atoms with Crippen molar-refractivity contribution in [1.82, 2.24) is 9.03 Å². The maximum absolute atomic E-state index is 12.5. The van der Waals surface area contributed by atoms with Gasteiger partial charge in [-0.1, -0.05) is 36.1 Å². The molecule has 1 aliphatic heterocycles. The normalized spacial score (nSPS) is 17.6. The number of hydrogen-bond acceptors (Lipinski definition) is 7. The maximum atomic E-state index is 12.5. The number of benzene rings is 1. The fourth-order valence-electron chi connectivity index (χ4n) is 2.88. The minimum absolute atomic E-state index is 0.216. The number of ether oxygens (including phenoxy) is 2. The molecule has 0 spiro atoms. The van der Waals surface area contributed by atoms with E-state index in [1.807, 2.05) is 4.72 Å². The average Bonchev–Trinajstić information content (AvgIpc) is 2.53. The number of nitrogens with one attached hydrogen (secondary N) is 1. The predicted octanol–water partition coefficient (Wildman–Crippen LogP) is 1.51. The highest BCUT2D eigenvalue weighted by molar-refractivity contribution is 7.89. The van der Waals surface area contributed by atoms with Crippen molar-refractivity contribution < 1.29 is 27.2 Å². The van der Waals surface area contributed by atoms with Gasteiger partial charge in [0.25, 0.3) is 5.91 Å². The van der Waals surface area contributed by atoms with Crippen LogP contribution in [-0.2, 0) is 36.4 Å². The highest BCUT2D eigenvalue weighted by Gasteiger charge is 2.51. The number of nitrogens with zero attached hydrogens (tertiary/aromatic N) is 1. The third-order valence-electron chi connectivity index (χ3n) is 4.64. The van der Waals surface area contributed by atoms with E-state index < -0.39 is 40.9 Å². The molecule has 11 heteroatoms. The Morgan fingerprint density at radius 2 is 1.90 bits per heavy atom. The van der Waals surface area contributed by atoms with E-state index in [0.29, 0.717) is 19.8 Å². The first-order valence-corrected chi connectivity index (χ1v) is 16.3. The molecule has 0 saturated carbocycles. The van der Waals surface area contributed by atoms with Crippen molar-refractivity contribution in [3.8, 4) is 0 Å². The van der Waals surface area contributed by atoms with Crippen molar-refractivity contribution in [3.05, 3.63) is 35.4 Å². The van der Waals surface area contributed by atoms with Crippen LogP contribution < -0.4 is 4.72 Å². The fourth-order valence-corrected chi connectivity index (χ4v) is 5.02. The molecule has 29 heavy (non-hydrogen) atoms. The Hall–Kier alpha value is -0.953. The second kappa shape index (κ2) is 9.46. The average molecular weight is 463 g/mol. The van der Waals surface area contributed by atoms with Gasteiger partial charge in [-0.05, 0) is 23.7 Å². The van der Waals surface area contributed by atoms with E-state index in [1.54, 1.807) is 34.8 Å². The highest BCUT2D eigenvalue weighted by atomic mass is 32.2.